The first kappa shape index (κ1) is 16.8. The number of rotatable bonds is 6. The van der Waals surface area contributed by atoms with E-state index in [0.29, 0.717) is 5.56 Å². The van der Waals surface area contributed by atoms with Crippen LogP contribution in [-0.4, -0.2) is 19.9 Å². The number of sulfonamides is 1. The van der Waals surface area contributed by atoms with Crippen molar-refractivity contribution in [2.24, 2.45) is 5.14 Å². The Kier molecular flexibility index (Phi) is 4.92. The van der Waals surface area contributed by atoms with Gasteiger partial charge < -0.3 is 4.74 Å². The van der Waals surface area contributed by atoms with Gasteiger partial charge in [-0.25, -0.2) is 17.9 Å². The van der Waals surface area contributed by atoms with E-state index in [1.165, 1.54) is 6.07 Å². The van der Waals surface area contributed by atoms with Crippen molar-refractivity contribution in [1.82, 2.24) is 0 Å². The van der Waals surface area contributed by atoms with Gasteiger partial charge >= 0.3 is 5.69 Å². The summed E-state index contributed by atoms with van der Waals surface area (Å²) in [6, 6.07) is 9.20. The molecule has 0 saturated heterocycles. The molecule has 0 aliphatic heterocycles. The van der Waals surface area contributed by atoms with Crippen molar-refractivity contribution >= 4 is 15.7 Å². The summed E-state index contributed by atoms with van der Waals surface area (Å²) in [6.45, 7) is -0.00348. The zero-order valence-corrected chi connectivity index (χ0v) is 12.6. The Labute approximate surface area is 131 Å². The average molecular weight is 340 g/mol. The van der Waals surface area contributed by atoms with E-state index in [2.05, 4.69) is 0 Å². The summed E-state index contributed by atoms with van der Waals surface area (Å²) in [7, 11) is -4.05. The van der Waals surface area contributed by atoms with Crippen molar-refractivity contribution < 1.29 is 22.5 Å². The van der Waals surface area contributed by atoms with Crippen molar-refractivity contribution in [3.8, 4) is 5.75 Å². The number of ether oxygens (including phenoxy) is 1. The van der Waals surface area contributed by atoms with Crippen LogP contribution in [0.5, 0.6) is 5.75 Å². The number of nitrogens with zero attached hydrogens (tertiary/aromatic N) is 1. The Balaban J connectivity index is 2.17. The number of nitrogens with two attached hydrogens (primary N) is 1. The van der Waals surface area contributed by atoms with Gasteiger partial charge in [0.2, 0.25) is 10.0 Å². The fourth-order valence-corrected chi connectivity index (χ4v) is 2.44. The van der Waals surface area contributed by atoms with Crippen LogP contribution in [0.1, 0.15) is 5.56 Å². The van der Waals surface area contributed by atoms with Crippen LogP contribution in [0.3, 0.4) is 0 Å². The Bertz CT molecular complexity index is 839. The SMILES string of the molecule is NS(=O)(=O)c1ccc(OCCc2ccccc2F)c([N+](=O)[O-])c1. The number of benzene rings is 2. The van der Waals surface area contributed by atoms with Gasteiger partial charge in [-0.05, 0) is 23.8 Å². The van der Waals surface area contributed by atoms with Crippen molar-refractivity contribution in [2.45, 2.75) is 11.3 Å². The van der Waals surface area contributed by atoms with Gasteiger partial charge in [-0.15, -0.1) is 0 Å². The van der Waals surface area contributed by atoms with Gasteiger partial charge in [0.15, 0.2) is 5.75 Å². The lowest BCUT2D eigenvalue weighted by molar-refractivity contribution is -0.386. The third kappa shape index (κ3) is 4.24. The number of halogens is 1. The fraction of sp³-hybridized carbons (Fsp3) is 0.143. The third-order valence-corrected chi connectivity index (χ3v) is 3.95. The van der Waals surface area contributed by atoms with Crippen LogP contribution < -0.4 is 9.88 Å². The molecule has 0 atom stereocenters. The number of hydrogen-bond donors (Lipinski definition) is 1. The van der Waals surface area contributed by atoms with Gasteiger partial charge in [0.05, 0.1) is 16.4 Å². The highest BCUT2D eigenvalue weighted by atomic mass is 32.2. The molecular weight excluding hydrogens is 327 g/mol. The van der Waals surface area contributed by atoms with Crippen molar-refractivity contribution in [3.05, 3.63) is 64.0 Å². The van der Waals surface area contributed by atoms with E-state index in [-0.39, 0.29) is 23.7 Å². The Morgan fingerprint density at radius 3 is 2.52 bits per heavy atom. The van der Waals surface area contributed by atoms with Gasteiger partial charge in [0.25, 0.3) is 0 Å². The van der Waals surface area contributed by atoms with E-state index in [0.717, 1.165) is 18.2 Å². The highest BCUT2D eigenvalue weighted by Gasteiger charge is 2.20. The highest BCUT2D eigenvalue weighted by Crippen LogP contribution is 2.29. The second-order valence-corrected chi connectivity index (χ2v) is 6.18. The summed E-state index contributed by atoms with van der Waals surface area (Å²) in [4.78, 5) is 9.86. The molecule has 2 rings (SSSR count). The first-order valence-corrected chi connectivity index (χ1v) is 8.01. The van der Waals surface area contributed by atoms with E-state index in [9.17, 15) is 22.9 Å². The molecule has 7 nitrogen and oxygen atoms in total. The van der Waals surface area contributed by atoms with Crippen LogP contribution in [0.2, 0.25) is 0 Å². The summed E-state index contributed by atoms with van der Waals surface area (Å²) in [5.41, 5.74) is -0.110. The topological polar surface area (TPSA) is 113 Å². The fourth-order valence-electron chi connectivity index (χ4n) is 1.91. The molecule has 2 aromatic rings. The summed E-state index contributed by atoms with van der Waals surface area (Å²) in [6.07, 6.45) is 0.209. The molecule has 0 unspecified atom stereocenters. The zero-order chi connectivity index (χ0) is 17.0. The average Bonchev–Trinajstić information content (AvgIpc) is 2.48. The molecule has 0 aliphatic carbocycles. The van der Waals surface area contributed by atoms with Crippen LogP contribution in [0, 0.1) is 15.9 Å². The predicted octanol–water partition coefficient (Wildman–Crippen LogP) is 2.00. The molecule has 0 saturated carbocycles. The van der Waals surface area contributed by atoms with E-state index in [1.807, 2.05) is 0 Å². The maximum atomic E-state index is 13.5. The molecular formula is C14H13FN2O5S. The lowest BCUT2D eigenvalue weighted by atomic mass is 10.1. The minimum absolute atomic E-state index is 0.00348. The zero-order valence-electron chi connectivity index (χ0n) is 11.8. The molecule has 0 radical (unpaired) electrons. The third-order valence-electron chi connectivity index (χ3n) is 3.04. The lowest BCUT2D eigenvalue weighted by Gasteiger charge is -2.08. The summed E-state index contributed by atoms with van der Waals surface area (Å²) in [5.74, 6) is -0.506. The van der Waals surface area contributed by atoms with Crippen molar-refractivity contribution in [1.29, 1.82) is 0 Å². The molecule has 0 spiro atoms. The summed E-state index contributed by atoms with van der Waals surface area (Å²) < 4.78 is 41.2. The van der Waals surface area contributed by atoms with Gasteiger partial charge in [-0.3, -0.25) is 10.1 Å². The molecule has 23 heavy (non-hydrogen) atoms. The highest BCUT2D eigenvalue weighted by molar-refractivity contribution is 7.89. The van der Waals surface area contributed by atoms with E-state index in [1.54, 1.807) is 18.2 Å². The predicted molar refractivity (Wildman–Crippen MR) is 80.1 cm³/mol. The van der Waals surface area contributed by atoms with Crippen LogP contribution in [0.15, 0.2) is 47.4 Å². The first-order chi connectivity index (χ1) is 10.8. The van der Waals surface area contributed by atoms with Crippen LogP contribution in [-0.2, 0) is 16.4 Å². The van der Waals surface area contributed by atoms with Gasteiger partial charge in [0.1, 0.15) is 5.82 Å². The smallest absolute Gasteiger partial charge is 0.312 e. The second-order valence-electron chi connectivity index (χ2n) is 4.62. The van der Waals surface area contributed by atoms with E-state index >= 15 is 0 Å². The van der Waals surface area contributed by atoms with E-state index in [4.69, 9.17) is 9.88 Å². The van der Waals surface area contributed by atoms with Crippen molar-refractivity contribution in [3.63, 3.8) is 0 Å². The van der Waals surface area contributed by atoms with Crippen LogP contribution >= 0.6 is 0 Å². The molecule has 122 valence electrons. The standard InChI is InChI=1S/C14H13FN2O5S/c15-12-4-2-1-3-10(12)7-8-22-14-6-5-11(23(16,20)21)9-13(14)17(18)19/h1-6,9H,7-8H2,(H2,16,20,21). The summed E-state index contributed by atoms with van der Waals surface area (Å²) >= 11 is 0. The molecule has 9 heteroatoms. The largest absolute Gasteiger partial charge is 0.486 e. The lowest BCUT2D eigenvalue weighted by Crippen LogP contribution is -2.13. The molecule has 0 fully saturated rings. The van der Waals surface area contributed by atoms with Gasteiger partial charge in [-0.1, -0.05) is 18.2 Å². The second kappa shape index (κ2) is 6.71. The Hall–Kier alpha value is -2.52. The number of hydrogen-bond acceptors (Lipinski definition) is 5. The monoisotopic (exact) mass is 340 g/mol. The number of nitro benzene ring substituents is 1. The van der Waals surface area contributed by atoms with E-state index < -0.39 is 26.5 Å². The van der Waals surface area contributed by atoms with Gasteiger partial charge in [0, 0.05) is 12.5 Å². The van der Waals surface area contributed by atoms with Crippen LogP contribution in [0.4, 0.5) is 10.1 Å². The minimum atomic E-state index is -4.05. The number of primary sulfonamides is 1. The molecule has 0 amide bonds. The van der Waals surface area contributed by atoms with Crippen LogP contribution in [0.25, 0.3) is 0 Å². The molecule has 0 heterocycles. The number of nitro groups is 1. The molecule has 0 aromatic heterocycles. The maximum absolute atomic E-state index is 13.5. The molecule has 2 N–H and O–H groups in total. The normalized spacial score (nSPS) is 11.2. The Morgan fingerprint density at radius 2 is 1.91 bits per heavy atom. The first-order valence-electron chi connectivity index (χ1n) is 6.46. The maximum Gasteiger partial charge on any atom is 0.312 e. The minimum Gasteiger partial charge on any atom is -0.486 e. The molecule has 0 aliphatic rings. The molecule has 0 bridgehead atoms. The van der Waals surface area contributed by atoms with Crippen molar-refractivity contribution in [2.75, 3.05) is 6.61 Å². The van der Waals surface area contributed by atoms with Gasteiger partial charge in [-0.2, -0.15) is 0 Å². The quantitative estimate of drug-likeness (QED) is 0.638. The molecule has 2 aromatic carbocycles. The summed E-state index contributed by atoms with van der Waals surface area (Å²) in [5, 5.41) is 16.0. The Morgan fingerprint density at radius 1 is 1.22 bits per heavy atom.